The molecule has 0 bridgehead atoms. The first-order chi connectivity index (χ1) is 15.4. The van der Waals surface area contributed by atoms with E-state index in [1.807, 2.05) is 6.92 Å². The quantitative estimate of drug-likeness (QED) is 0.505. The third kappa shape index (κ3) is 3.18. The maximum Gasteiger partial charge on any atom is 0.270 e. The van der Waals surface area contributed by atoms with Gasteiger partial charge in [-0.25, -0.2) is 8.78 Å². The van der Waals surface area contributed by atoms with Gasteiger partial charge >= 0.3 is 0 Å². The number of nitrogens with one attached hydrogen (secondary N) is 2. The van der Waals surface area contributed by atoms with Crippen molar-refractivity contribution in [3.63, 3.8) is 0 Å². The van der Waals surface area contributed by atoms with Gasteiger partial charge in [0.2, 0.25) is 0 Å². The summed E-state index contributed by atoms with van der Waals surface area (Å²) in [5.74, 6) is -1.17. The second-order valence-corrected chi connectivity index (χ2v) is 8.05. The van der Waals surface area contributed by atoms with E-state index in [4.69, 9.17) is 4.74 Å². The van der Waals surface area contributed by atoms with Crippen molar-refractivity contribution in [2.45, 2.75) is 26.0 Å². The lowest BCUT2D eigenvalue weighted by Gasteiger charge is -2.33. The zero-order valence-electron chi connectivity index (χ0n) is 17.6. The third-order valence-corrected chi connectivity index (χ3v) is 6.15. The molecule has 0 radical (unpaired) electrons. The maximum absolute atomic E-state index is 13.9. The summed E-state index contributed by atoms with van der Waals surface area (Å²) in [6.45, 7) is 2.35. The lowest BCUT2D eigenvalue weighted by molar-refractivity contribution is 0.0333. The SMILES string of the molecule is CCc1cc(F)cc2[nH]c(C(=O)N(C)[C@H]3COCc4[nH]c(=O)c5cc(F)ccc5c43)cc12. The summed E-state index contributed by atoms with van der Waals surface area (Å²) in [6.07, 6.45) is 0.634. The Morgan fingerprint density at radius 1 is 1.09 bits per heavy atom. The molecule has 164 valence electrons. The summed E-state index contributed by atoms with van der Waals surface area (Å²) < 4.78 is 33.4. The average Bonchev–Trinajstić information content (AvgIpc) is 3.21. The zero-order valence-corrected chi connectivity index (χ0v) is 17.6. The van der Waals surface area contributed by atoms with E-state index in [0.717, 1.165) is 16.5 Å². The number of hydrogen-bond donors (Lipinski definition) is 2. The van der Waals surface area contributed by atoms with Crippen molar-refractivity contribution in [3.05, 3.63) is 80.9 Å². The molecule has 0 saturated heterocycles. The highest BCUT2D eigenvalue weighted by Gasteiger charge is 2.31. The van der Waals surface area contributed by atoms with Crippen LogP contribution < -0.4 is 5.56 Å². The Labute approximate surface area is 181 Å². The molecular weight excluding hydrogens is 416 g/mol. The smallest absolute Gasteiger partial charge is 0.270 e. The Morgan fingerprint density at radius 2 is 1.91 bits per heavy atom. The van der Waals surface area contributed by atoms with Crippen LogP contribution >= 0.6 is 0 Å². The molecule has 5 rings (SSSR count). The lowest BCUT2D eigenvalue weighted by Crippen LogP contribution is -2.37. The van der Waals surface area contributed by atoms with E-state index in [0.29, 0.717) is 28.7 Å². The predicted molar refractivity (Wildman–Crippen MR) is 117 cm³/mol. The molecule has 0 unspecified atom stereocenters. The van der Waals surface area contributed by atoms with E-state index < -0.39 is 17.4 Å². The van der Waals surface area contributed by atoms with Crippen molar-refractivity contribution in [3.8, 4) is 0 Å². The second-order valence-electron chi connectivity index (χ2n) is 8.05. The van der Waals surface area contributed by atoms with Crippen LogP contribution in [-0.4, -0.2) is 34.4 Å². The summed E-state index contributed by atoms with van der Waals surface area (Å²) in [7, 11) is 1.65. The molecule has 0 aliphatic carbocycles. The molecule has 1 aliphatic rings. The molecule has 6 nitrogen and oxygen atoms in total. The molecule has 2 aromatic carbocycles. The number of fused-ring (bicyclic) bond motifs is 4. The van der Waals surface area contributed by atoms with Gasteiger partial charge in [-0.15, -0.1) is 0 Å². The maximum atomic E-state index is 13.9. The van der Waals surface area contributed by atoms with E-state index in [1.165, 1.54) is 29.2 Å². The number of rotatable bonds is 3. The monoisotopic (exact) mass is 437 g/mol. The fraction of sp³-hybridized carbons (Fsp3) is 0.250. The topological polar surface area (TPSA) is 78.2 Å². The summed E-state index contributed by atoms with van der Waals surface area (Å²) in [4.78, 5) is 33.1. The van der Waals surface area contributed by atoms with Crippen LogP contribution in [0.1, 0.15) is 40.3 Å². The molecule has 4 aromatic rings. The number of hydrogen-bond acceptors (Lipinski definition) is 3. The van der Waals surface area contributed by atoms with Gasteiger partial charge in [-0.1, -0.05) is 13.0 Å². The van der Waals surface area contributed by atoms with E-state index in [-0.39, 0.29) is 30.3 Å². The van der Waals surface area contributed by atoms with Crippen molar-refractivity contribution in [1.29, 1.82) is 0 Å². The van der Waals surface area contributed by atoms with Gasteiger partial charge in [0.25, 0.3) is 11.5 Å². The van der Waals surface area contributed by atoms with Gasteiger partial charge in [0, 0.05) is 29.2 Å². The normalized spacial score (nSPS) is 15.8. The van der Waals surface area contributed by atoms with Crippen LogP contribution in [0, 0.1) is 11.6 Å². The summed E-state index contributed by atoms with van der Waals surface area (Å²) in [6, 6.07) is 8.14. The zero-order chi connectivity index (χ0) is 22.6. The first kappa shape index (κ1) is 20.4. The number of aromatic nitrogens is 2. The van der Waals surface area contributed by atoms with Crippen LogP contribution in [0.2, 0.25) is 0 Å². The van der Waals surface area contributed by atoms with Gasteiger partial charge in [0.05, 0.1) is 24.6 Å². The minimum Gasteiger partial charge on any atom is -0.373 e. The molecule has 3 heterocycles. The molecule has 2 aromatic heterocycles. The number of carbonyl (C=O) groups excluding carboxylic acids is 1. The molecule has 8 heteroatoms. The molecule has 1 atom stereocenters. The minimum atomic E-state index is -0.506. The van der Waals surface area contributed by atoms with Crippen LogP contribution in [0.25, 0.3) is 21.7 Å². The Kier molecular flexibility index (Phi) is 4.82. The Balaban J connectivity index is 1.59. The molecule has 1 amide bonds. The summed E-state index contributed by atoms with van der Waals surface area (Å²) >= 11 is 0. The number of carbonyl (C=O) groups is 1. The number of pyridine rings is 1. The first-order valence-electron chi connectivity index (χ1n) is 10.4. The largest absolute Gasteiger partial charge is 0.373 e. The lowest BCUT2D eigenvalue weighted by atomic mass is 9.95. The number of halogens is 2. The Hall–Kier alpha value is -3.52. The van der Waals surface area contributed by atoms with E-state index in [9.17, 15) is 18.4 Å². The van der Waals surface area contributed by atoms with Gasteiger partial charge in [0.1, 0.15) is 17.3 Å². The highest BCUT2D eigenvalue weighted by atomic mass is 19.1. The van der Waals surface area contributed by atoms with Gasteiger partial charge in [0.15, 0.2) is 0 Å². The standard InChI is InChI=1S/C24H21F2N3O3/c1-3-12-6-14(26)8-18-16(12)9-19(27-18)24(31)29(2)21-11-32-10-20-22(21)15-5-4-13(25)7-17(15)23(30)28-20/h4-9,21,27H,3,10-11H2,1-2H3,(H,28,30)/t21-/m0/s1. The summed E-state index contributed by atoms with van der Waals surface area (Å²) in [5.41, 5.74) is 2.60. The molecule has 32 heavy (non-hydrogen) atoms. The number of benzene rings is 2. The average molecular weight is 437 g/mol. The number of likely N-dealkylation sites (N-methyl/N-ethyl adjacent to an activating group) is 1. The van der Waals surface area contributed by atoms with E-state index in [1.54, 1.807) is 19.2 Å². The third-order valence-electron chi connectivity index (χ3n) is 6.15. The minimum absolute atomic E-state index is 0.196. The van der Waals surface area contributed by atoms with Crippen LogP contribution in [0.5, 0.6) is 0 Å². The van der Waals surface area contributed by atoms with Crippen molar-refractivity contribution in [1.82, 2.24) is 14.9 Å². The van der Waals surface area contributed by atoms with Gasteiger partial charge < -0.3 is 19.6 Å². The Morgan fingerprint density at radius 3 is 2.69 bits per heavy atom. The number of aromatic amines is 2. The van der Waals surface area contributed by atoms with Crippen molar-refractivity contribution in [2.75, 3.05) is 13.7 Å². The van der Waals surface area contributed by atoms with Gasteiger partial charge in [-0.2, -0.15) is 0 Å². The van der Waals surface area contributed by atoms with Crippen molar-refractivity contribution < 1.29 is 18.3 Å². The highest BCUT2D eigenvalue weighted by molar-refractivity contribution is 5.99. The van der Waals surface area contributed by atoms with Crippen LogP contribution in [0.15, 0.2) is 41.2 Å². The molecule has 1 aliphatic heterocycles. The molecule has 0 saturated carbocycles. The number of ether oxygens (including phenoxy) is 1. The highest BCUT2D eigenvalue weighted by Crippen LogP contribution is 2.34. The van der Waals surface area contributed by atoms with Gasteiger partial charge in [-0.05, 0) is 47.7 Å². The number of aryl methyl sites for hydroxylation is 1. The van der Waals surface area contributed by atoms with Crippen LogP contribution in [0.4, 0.5) is 8.78 Å². The Bertz CT molecular complexity index is 1440. The molecule has 2 N–H and O–H groups in total. The van der Waals surface area contributed by atoms with Crippen molar-refractivity contribution in [2.24, 2.45) is 0 Å². The predicted octanol–water partition coefficient (Wildman–Crippen LogP) is 4.19. The molecule has 0 fully saturated rings. The molecular formula is C24H21F2N3O3. The van der Waals surface area contributed by atoms with Gasteiger partial charge in [-0.3, -0.25) is 9.59 Å². The molecule has 0 spiro atoms. The second kappa shape index (κ2) is 7.56. The first-order valence-corrected chi connectivity index (χ1v) is 10.4. The fourth-order valence-electron chi connectivity index (χ4n) is 4.54. The fourth-order valence-corrected chi connectivity index (χ4v) is 4.54. The van der Waals surface area contributed by atoms with Crippen molar-refractivity contribution >= 4 is 27.6 Å². The number of H-pyrrole nitrogens is 2. The van der Waals surface area contributed by atoms with Crippen LogP contribution in [-0.2, 0) is 17.8 Å². The number of nitrogens with zero attached hydrogens (tertiary/aromatic N) is 1. The van der Waals surface area contributed by atoms with E-state index in [2.05, 4.69) is 9.97 Å². The summed E-state index contributed by atoms with van der Waals surface area (Å²) in [5, 5.41) is 1.62. The van der Waals surface area contributed by atoms with Crippen LogP contribution in [0.3, 0.4) is 0 Å². The number of amides is 1. The van der Waals surface area contributed by atoms with E-state index >= 15 is 0 Å².